The van der Waals surface area contributed by atoms with Gasteiger partial charge in [-0.05, 0) is 51.0 Å². The first-order valence-corrected chi connectivity index (χ1v) is 7.66. The van der Waals surface area contributed by atoms with Gasteiger partial charge in [-0.2, -0.15) is 0 Å². The number of rotatable bonds is 5. The van der Waals surface area contributed by atoms with Crippen LogP contribution in [0.5, 0.6) is 0 Å². The second kappa shape index (κ2) is 6.19. The summed E-state index contributed by atoms with van der Waals surface area (Å²) in [6.07, 6.45) is 11.0. The highest BCUT2D eigenvalue weighted by molar-refractivity contribution is 4.86. The summed E-state index contributed by atoms with van der Waals surface area (Å²) in [5.41, 5.74) is 6.32. The van der Waals surface area contributed by atoms with Crippen molar-refractivity contribution in [2.45, 2.75) is 70.4 Å². The summed E-state index contributed by atoms with van der Waals surface area (Å²) in [7, 11) is 2.31. The molecule has 2 aliphatic carbocycles. The van der Waals surface area contributed by atoms with Crippen LogP contribution >= 0.6 is 0 Å². The summed E-state index contributed by atoms with van der Waals surface area (Å²) in [6, 6.07) is 1.33. The van der Waals surface area contributed by atoms with Crippen molar-refractivity contribution >= 4 is 0 Å². The Kier molecular flexibility index (Phi) is 4.87. The normalized spacial score (nSPS) is 34.9. The molecule has 0 amide bonds. The van der Waals surface area contributed by atoms with Crippen LogP contribution in [0.15, 0.2) is 0 Å². The SMILES string of the molecule is CCCC1CCC(N)C(CN(C)C2CCC2)C1. The van der Waals surface area contributed by atoms with Gasteiger partial charge in [-0.15, -0.1) is 0 Å². The molecule has 2 nitrogen and oxygen atoms in total. The van der Waals surface area contributed by atoms with E-state index in [0.29, 0.717) is 6.04 Å². The van der Waals surface area contributed by atoms with Crippen LogP contribution < -0.4 is 5.73 Å². The molecule has 2 saturated carbocycles. The summed E-state index contributed by atoms with van der Waals surface area (Å²) in [5.74, 6) is 1.71. The predicted molar refractivity (Wildman–Crippen MR) is 74.0 cm³/mol. The highest BCUT2D eigenvalue weighted by atomic mass is 15.1. The third-order valence-corrected chi connectivity index (χ3v) is 5.07. The first kappa shape index (κ1) is 13.4. The van der Waals surface area contributed by atoms with Crippen molar-refractivity contribution in [1.82, 2.24) is 4.90 Å². The van der Waals surface area contributed by atoms with Crippen LogP contribution in [0.1, 0.15) is 58.3 Å². The van der Waals surface area contributed by atoms with E-state index in [4.69, 9.17) is 5.73 Å². The Morgan fingerprint density at radius 1 is 1.18 bits per heavy atom. The van der Waals surface area contributed by atoms with Crippen LogP contribution in [0.3, 0.4) is 0 Å². The van der Waals surface area contributed by atoms with Crippen LogP contribution in [0.25, 0.3) is 0 Å². The Morgan fingerprint density at radius 2 is 1.94 bits per heavy atom. The Morgan fingerprint density at radius 3 is 2.53 bits per heavy atom. The van der Waals surface area contributed by atoms with E-state index in [0.717, 1.165) is 17.9 Å². The lowest BCUT2D eigenvalue weighted by Crippen LogP contribution is -2.46. The maximum atomic E-state index is 6.32. The van der Waals surface area contributed by atoms with Gasteiger partial charge in [-0.3, -0.25) is 0 Å². The topological polar surface area (TPSA) is 29.3 Å². The Labute approximate surface area is 107 Å². The van der Waals surface area contributed by atoms with Crippen LogP contribution in [0.4, 0.5) is 0 Å². The minimum Gasteiger partial charge on any atom is -0.327 e. The van der Waals surface area contributed by atoms with Crippen LogP contribution in [-0.2, 0) is 0 Å². The van der Waals surface area contributed by atoms with Gasteiger partial charge in [0.15, 0.2) is 0 Å². The number of nitrogens with zero attached hydrogens (tertiary/aromatic N) is 1. The van der Waals surface area contributed by atoms with Gasteiger partial charge in [-0.1, -0.05) is 26.2 Å². The van der Waals surface area contributed by atoms with Gasteiger partial charge in [0.1, 0.15) is 0 Å². The average Bonchev–Trinajstić information content (AvgIpc) is 2.21. The molecule has 0 aromatic rings. The quantitative estimate of drug-likeness (QED) is 0.798. The van der Waals surface area contributed by atoms with Crippen molar-refractivity contribution in [3.05, 3.63) is 0 Å². The minimum absolute atomic E-state index is 0.464. The standard InChI is InChI=1S/C15H30N2/c1-3-5-12-8-9-15(16)13(10-12)11-17(2)14-6-4-7-14/h12-15H,3-11,16H2,1-2H3. The van der Waals surface area contributed by atoms with E-state index in [1.165, 1.54) is 57.9 Å². The molecule has 100 valence electrons. The average molecular weight is 238 g/mol. The molecule has 0 aromatic heterocycles. The second-order valence-corrected chi connectivity index (χ2v) is 6.42. The van der Waals surface area contributed by atoms with Crippen LogP contribution in [0.2, 0.25) is 0 Å². The van der Waals surface area contributed by atoms with Gasteiger partial charge in [-0.25, -0.2) is 0 Å². The fraction of sp³-hybridized carbons (Fsp3) is 1.00. The van der Waals surface area contributed by atoms with Crippen molar-refractivity contribution in [2.24, 2.45) is 17.6 Å². The highest BCUT2D eigenvalue weighted by Crippen LogP contribution is 2.33. The van der Waals surface area contributed by atoms with Gasteiger partial charge < -0.3 is 10.6 Å². The Balaban J connectivity index is 1.79. The molecule has 0 radical (unpaired) electrons. The molecule has 0 bridgehead atoms. The molecule has 17 heavy (non-hydrogen) atoms. The molecule has 0 spiro atoms. The summed E-state index contributed by atoms with van der Waals surface area (Å²) >= 11 is 0. The van der Waals surface area contributed by atoms with Crippen molar-refractivity contribution in [3.8, 4) is 0 Å². The van der Waals surface area contributed by atoms with E-state index in [1.54, 1.807) is 0 Å². The molecule has 0 saturated heterocycles. The molecule has 2 fully saturated rings. The van der Waals surface area contributed by atoms with Gasteiger partial charge in [0.2, 0.25) is 0 Å². The summed E-state index contributed by atoms with van der Waals surface area (Å²) in [4.78, 5) is 2.59. The number of nitrogens with two attached hydrogens (primary N) is 1. The molecule has 3 atom stereocenters. The summed E-state index contributed by atoms with van der Waals surface area (Å²) in [5, 5.41) is 0. The van der Waals surface area contributed by atoms with E-state index in [9.17, 15) is 0 Å². The second-order valence-electron chi connectivity index (χ2n) is 6.42. The van der Waals surface area contributed by atoms with Gasteiger partial charge in [0.05, 0.1) is 0 Å². The van der Waals surface area contributed by atoms with Crippen molar-refractivity contribution in [2.75, 3.05) is 13.6 Å². The molecular weight excluding hydrogens is 208 g/mol. The number of hydrogen-bond acceptors (Lipinski definition) is 2. The zero-order chi connectivity index (χ0) is 12.3. The monoisotopic (exact) mass is 238 g/mol. The van der Waals surface area contributed by atoms with Crippen molar-refractivity contribution in [3.63, 3.8) is 0 Å². The molecule has 3 unspecified atom stereocenters. The Hall–Kier alpha value is -0.0800. The maximum absolute atomic E-state index is 6.32. The smallest absolute Gasteiger partial charge is 0.00923 e. The van der Waals surface area contributed by atoms with E-state index in [2.05, 4.69) is 18.9 Å². The Bertz CT molecular complexity index is 225. The molecule has 2 heteroatoms. The molecule has 2 aliphatic rings. The lowest BCUT2D eigenvalue weighted by atomic mass is 9.76. The fourth-order valence-corrected chi connectivity index (χ4v) is 3.61. The van der Waals surface area contributed by atoms with E-state index in [1.807, 2.05) is 0 Å². The molecule has 0 aliphatic heterocycles. The zero-order valence-electron chi connectivity index (χ0n) is 11.7. The van der Waals surface area contributed by atoms with Crippen molar-refractivity contribution < 1.29 is 0 Å². The molecule has 0 aromatic carbocycles. The first-order valence-electron chi connectivity index (χ1n) is 7.66. The lowest BCUT2D eigenvalue weighted by Gasteiger charge is -2.41. The van der Waals surface area contributed by atoms with E-state index in [-0.39, 0.29) is 0 Å². The fourth-order valence-electron chi connectivity index (χ4n) is 3.61. The largest absolute Gasteiger partial charge is 0.327 e. The van der Waals surface area contributed by atoms with Gasteiger partial charge >= 0.3 is 0 Å². The van der Waals surface area contributed by atoms with Crippen LogP contribution in [0, 0.1) is 11.8 Å². The first-order chi connectivity index (χ1) is 8.20. The minimum atomic E-state index is 0.464. The van der Waals surface area contributed by atoms with Crippen LogP contribution in [-0.4, -0.2) is 30.6 Å². The van der Waals surface area contributed by atoms with Gasteiger partial charge in [0, 0.05) is 18.6 Å². The summed E-state index contributed by atoms with van der Waals surface area (Å²) < 4.78 is 0. The zero-order valence-corrected chi connectivity index (χ0v) is 11.7. The summed E-state index contributed by atoms with van der Waals surface area (Å²) in [6.45, 7) is 3.55. The molecule has 0 heterocycles. The maximum Gasteiger partial charge on any atom is 0.00923 e. The van der Waals surface area contributed by atoms with E-state index < -0.39 is 0 Å². The third-order valence-electron chi connectivity index (χ3n) is 5.07. The van der Waals surface area contributed by atoms with Crippen molar-refractivity contribution in [1.29, 1.82) is 0 Å². The molecular formula is C15H30N2. The highest BCUT2D eigenvalue weighted by Gasteiger charge is 2.31. The molecule has 2 rings (SSSR count). The predicted octanol–water partition coefficient (Wildman–Crippen LogP) is 3.01. The molecule has 2 N–H and O–H groups in total. The third kappa shape index (κ3) is 3.45. The lowest BCUT2D eigenvalue weighted by molar-refractivity contribution is 0.104. The van der Waals surface area contributed by atoms with E-state index >= 15 is 0 Å². The number of hydrogen-bond donors (Lipinski definition) is 1. The van der Waals surface area contributed by atoms with Gasteiger partial charge in [0.25, 0.3) is 0 Å².